The molecule has 4 nitrogen and oxygen atoms in total. The molecule has 0 saturated carbocycles. The van der Waals surface area contributed by atoms with Crippen LogP contribution in [0.15, 0.2) is 54.6 Å². The van der Waals surface area contributed by atoms with E-state index in [2.05, 4.69) is 76.5 Å². The van der Waals surface area contributed by atoms with Crippen molar-refractivity contribution in [2.45, 2.75) is 110 Å². The summed E-state index contributed by atoms with van der Waals surface area (Å²) in [5.74, 6) is 0.872. The molecule has 1 unspecified atom stereocenters. The Morgan fingerprint density at radius 1 is 0.725 bits per heavy atom. The minimum atomic E-state index is -0.0763. The van der Waals surface area contributed by atoms with Gasteiger partial charge in [0, 0.05) is 5.56 Å². The molecule has 1 atom stereocenters. The molecule has 224 valence electrons. The minimum Gasteiger partial charge on any atom is -0.493 e. The molecule has 0 bridgehead atoms. The van der Waals surface area contributed by atoms with Gasteiger partial charge in [0.05, 0.1) is 33.9 Å². The third kappa shape index (κ3) is 14.9. The second kappa shape index (κ2) is 20.5. The Labute approximate surface area is 246 Å². The zero-order valence-electron chi connectivity index (χ0n) is 26.2. The molecule has 40 heavy (non-hydrogen) atoms. The lowest BCUT2D eigenvalue weighted by molar-refractivity contribution is -0.906. The van der Waals surface area contributed by atoms with E-state index in [1.165, 1.54) is 75.3 Å². The smallest absolute Gasteiger partial charge is 0.314 e. The van der Waals surface area contributed by atoms with Gasteiger partial charge >= 0.3 is 5.97 Å². The number of esters is 1. The lowest BCUT2D eigenvalue weighted by atomic mass is 10.0. The molecule has 0 radical (unpaired) electrons. The van der Waals surface area contributed by atoms with Crippen LogP contribution in [0.4, 0.5) is 0 Å². The third-order valence-electron chi connectivity index (χ3n) is 7.81. The number of aryl methyl sites for hydroxylation is 1. The van der Waals surface area contributed by atoms with E-state index in [-0.39, 0.29) is 11.9 Å². The number of nitrogens with zero attached hydrogens (tertiary/aromatic N) is 1. The van der Waals surface area contributed by atoms with Gasteiger partial charge in [0.1, 0.15) is 18.2 Å². The molecular formula is C36H58NO3+. The normalized spacial score (nSPS) is 12.3. The fraction of sp³-hybridized carbons (Fsp3) is 0.639. The van der Waals surface area contributed by atoms with Crippen molar-refractivity contribution in [1.29, 1.82) is 0 Å². The number of carbonyl (C=O) groups is 1. The van der Waals surface area contributed by atoms with Crippen molar-refractivity contribution in [1.82, 2.24) is 0 Å². The second-order valence-electron chi connectivity index (χ2n) is 12.1. The highest BCUT2D eigenvalue weighted by Gasteiger charge is 2.27. The fourth-order valence-corrected chi connectivity index (χ4v) is 5.44. The number of benzene rings is 2. The van der Waals surface area contributed by atoms with Crippen LogP contribution < -0.4 is 4.74 Å². The molecular weight excluding hydrogens is 494 g/mol. The van der Waals surface area contributed by atoms with Gasteiger partial charge in [-0.05, 0) is 43.7 Å². The summed E-state index contributed by atoms with van der Waals surface area (Å²) in [6, 6.07) is 18.9. The van der Waals surface area contributed by atoms with E-state index in [9.17, 15) is 4.79 Å². The topological polar surface area (TPSA) is 35.5 Å². The van der Waals surface area contributed by atoms with Crippen LogP contribution in [0.2, 0.25) is 0 Å². The average molecular weight is 553 g/mol. The Morgan fingerprint density at radius 3 is 2.00 bits per heavy atom. The van der Waals surface area contributed by atoms with Gasteiger partial charge in [0.2, 0.25) is 0 Å². The molecule has 2 rings (SSSR count). The summed E-state index contributed by atoms with van der Waals surface area (Å²) in [4.78, 5) is 12.8. The van der Waals surface area contributed by atoms with E-state index in [1.807, 2.05) is 6.07 Å². The summed E-state index contributed by atoms with van der Waals surface area (Å²) in [5.41, 5.74) is 2.61. The van der Waals surface area contributed by atoms with Gasteiger partial charge in [0.25, 0.3) is 0 Å². The fourth-order valence-electron chi connectivity index (χ4n) is 5.44. The van der Waals surface area contributed by atoms with E-state index in [0.717, 1.165) is 49.0 Å². The Hall–Kier alpha value is -2.33. The standard InChI is InChI=1S/C36H58NO3/c1-5-7-8-9-10-11-12-13-14-18-25-34-26-19-20-27-35(34)39-28-21-22-29-40-36(38)33(6-2)31-37(3,4)30-32-23-16-15-17-24-32/h15-17,19-20,23-24,26-27,33H,5-14,18,21-22,25,28-31H2,1-4H3/q+1. The first kappa shape index (κ1) is 33.9. The van der Waals surface area contributed by atoms with Gasteiger partial charge in [-0.2, -0.15) is 0 Å². The first-order chi connectivity index (χ1) is 19.4. The monoisotopic (exact) mass is 552 g/mol. The SMILES string of the molecule is CCCCCCCCCCCCc1ccccc1OCCCCOC(=O)C(CC)C[N+](C)(C)Cc1ccccc1. The van der Waals surface area contributed by atoms with Crippen LogP contribution in [0.3, 0.4) is 0 Å². The van der Waals surface area contributed by atoms with Crippen molar-refractivity contribution in [2.24, 2.45) is 5.92 Å². The molecule has 0 heterocycles. The van der Waals surface area contributed by atoms with Crippen molar-refractivity contribution in [3.63, 3.8) is 0 Å². The number of hydrogen-bond donors (Lipinski definition) is 0. The maximum absolute atomic E-state index is 12.8. The predicted octanol–water partition coefficient (Wildman–Crippen LogP) is 9.16. The van der Waals surface area contributed by atoms with Gasteiger partial charge in [-0.3, -0.25) is 4.79 Å². The lowest BCUT2D eigenvalue weighted by Crippen LogP contribution is -2.44. The number of unbranched alkanes of at least 4 members (excludes halogenated alkanes) is 10. The Balaban J connectivity index is 1.59. The van der Waals surface area contributed by atoms with Gasteiger partial charge in [-0.1, -0.05) is 120 Å². The average Bonchev–Trinajstić information content (AvgIpc) is 2.95. The molecule has 0 N–H and O–H groups in total. The van der Waals surface area contributed by atoms with Gasteiger partial charge < -0.3 is 14.0 Å². The molecule has 0 amide bonds. The number of carbonyl (C=O) groups excluding carboxylic acids is 1. The summed E-state index contributed by atoms with van der Waals surface area (Å²) in [7, 11) is 4.38. The maximum atomic E-state index is 12.8. The zero-order valence-corrected chi connectivity index (χ0v) is 26.2. The molecule has 0 fully saturated rings. The molecule has 0 aliphatic carbocycles. The summed E-state index contributed by atoms with van der Waals surface area (Å²) in [6.07, 6.45) is 17.2. The lowest BCUT2D eigenvalue weighted by Gasteiger charge is -2.32. The van der Waals surface area contributed by atoms with E-state index >= 15 is 0 Å². The number of hydrogen-bond acceptors (Lipinski definition) is 3. The van der Waals surface area contributed by atoms with E-state index < -0.39 is 0 Å². The minimum absolute atomic E-state index is 0.0653. The van der Waals surface area contributed by atoms with Crippen LogP contribution in [0.5, 0.6) is 5.75 Å². The third-order valence-corrected chi connectivity index (χ3v) is 7.81. The largest absolute Gasteiger partial charge is 0.493 e. The summed E-state index contributed by atoms with van der Waals surface area (Å²) < 4.78 is 12.6. The second-order valence-corrected chi connectivity index (χ2v) is 12.1. The summed E-state index contributed by atoms with van der Waals surface area (Å²) in [5, 5.41) is 0. The predicted molar refractivity (Wildman–Crippen MR) is 169 cm³/mol. The zero-order chi connectivity index (χ0) is 28.9. The molecule has 0 aromatic heterocycles. The molecule has 4 heteroatoms. The Morgan fingerprint density at radius 2 is 1.32 bits per heavy atom. The highest BCUT2D eigenvalue weighted by atomic mass is 16.5. The maximum Gasteiger partial charge on any atom is 0.314 e. The van der Waals surface area contributed by atoms with Gasteiger partial charge in [-0.25, -0.2) is 0 Å². The van der Waals surface area contributed by atoms with Crippen LogP contribution in [-0.2, 0) is 22.5 Å². The molecule has 0 aliphatic heterocycles. The van der Waals surface area contributed by atoms with Gasteiger partial charge in [-0.15, -0.1) is 0 Å². The molecule has 0 saturated heterocycles. The van der Waals surface area contributed by atoms with Crippen LogP contribution in [0.1, 0.15) is 108 Å². The Bertz CT molecular complexity index is 911. The first-order valence-corrected chi connectivity index (χ1v) is 16.2. The number of rotatable bonds is 23. The van der Waals surface area contributed by atoms with Crippen molar-refractivity contribution in [2.75, 3.05) is 33.9 Å². The van der Waals surface area contributed by atoms with Crippen LogP contribution in [0, 0.1) is 5.92 Å². The van der Waals surface area contributed by atoms with E-state index in [1.54, 1.807) is 0 Å². The van der Waals surface area contributed by atoms with Crippen molar-refractivity contribution in [3.8, 4) is 5.75 Å². The highest BCUT2D eigenvalue weighted by molar-refractivity contribution is 5.72. The van der Waals surface area contributed by atoms with Crippen molar-refractivity contribution in [3.05, 3.63) is 65.7 Å². The quantitative estimate of drug-likeness (QED) is 0.0783. The summed E-state index contributed by atoms with van der Waals surface area (Å²) in [6.45, 7) is 7.16. The Kier molecular flexibility index (Phi) is 17.4. The van der Waals surface area contributed by atoms with Crippen LogP contribution in [-0.4, -0.2) is 44.3 Å². The van der Waals surface area contributed by atoms with Crippen molar-refractivity contribution >= 4 is 5.97 Å². The molecule has 2 aromatic rings. The molecule has 0 spiro atoms. The number of quaternary nitrogens is 1. The number of para-hydroxylation sites is 1. The van der Waals surface area contributed by atoms with E-state index in [4.69, 9.17) is 9.47 Å². The van der Waals surface area contributed by atoms with E-state index in [0.29, 0.717) is 13.2 Å². The summed E-state index contributed by atoms with van der Waals surface area (Å²) >= 11 is 0. The molecule has 0 aliphatic rings. The first-order valence-electron chi connectivity index (χ1n) is 16.2. The van der Waals surface area contributed by atoms with Gasteiger partial charge in [0.15, 0.2) is 0 Å². The number of ether oxygens (including phenoxy) is 2. The van der Waals surface area contributed by atoms with Crippen LogP contribution >= 0.6 is 0 Å². The molecule has 2 aromatic carbocycles. The highest BCUT2D eigenvalue weighted by Crippen LogP contribution is 2.22. The van der Waals surface area contributed by atoms with Crippen LogP contribution in [0.25, 0.3) is 0 Å². The van der Waals surface area contributed by atoms with Crippen molar-refractivity contribution < 1.29 is 18.8 Å².